The van der Waals surface area contributed by atoms with Crippen LogP contribution >= 0.6 is 0 Å². The highest BCUT2D eigenvalue weighted by Gasteiger charge is 2.65. The Bertz CT molecular complexity index is 476. The van der Waals surface area contributed by atoms with E-state index in [1.165, 1.54) is 19.1 Å². The van der Waals surface area contributed by atoms with E-state index in [1.54, 1.807) is 19.1 Å². The summed E-state index contributed by atoms with van der Waals surface area (Å²) in [5.74, 6) is -2.66. The Morgan fingerprint density at radius 2 is 2.06 bits per heavy atom. The third-order valence-electron chi connectivity index (χ3n) is 3.49. The molecule has 2 rings (SSSR count). The molecule has 0 saturated carbocycles. The number of allylic oxidation sites excluding steroid dienone is 3. The van der Waals surface area contributed by atoms with Gasteiger partial charge in [-0.2, -0.15) is 0 Å². The van der Waals surface area contributed by atoms with Crippen molar-refractivity contribution >= 4 is 17.5 Å². The van der Waals surface area contributed by atoms with Crippen LogP contribution in [0.3, 0.4) is 0 Å². The lowest BCUT2D eigenvalue weighted by Gasteiger charge is -2.34. The Morgan fingerprint density at radius 1 is 1.39 bits per heavy atom. The standard InChI is InChI=1S/C13H14O5/c1-3-4-8-5-6-9(14)11(16)13(8)10(15)7(2)18-12(13)17/h3-8,11,16H,1-2H3/b4-3+/t7?,8-,11+,13?/m0/s1. The fourth-order valence-electron chi connectivity index (χ4n) is 2.57. The van der Waals surface area contributed by atoms with E-state index >= 15 is 0 Å². The van der Waals surface area contributed by atoms with Gasteiger partial charge >= 0.3 is 5.97 Å². The lowest BCUT2D eigenvalue weighted by atomic mass is 9.64. The summed E-state index contributed by atoms with van der Waals surface area (Å²) in [6, 6.07) is 0. The Balaban J connectivity index is 2.62. The summed E-state index contributed by atoms with van der Waals surface area (Å²) in [6.45, 7) is 3.18. The monoisotopic (exact) mass is 250 g/mol. The molecule has 0 amide bonds. The summed E-state index contributed by atoms with van der Waals surface area (Å²) in [7, 11) is 0. The topological polar surface area (TPSA) is 80.7 Å². The molecule has 1 spiro atoms. The summed E-state index contributed by atoms with van der Waals surface area (Å²) in [6.07, 6.45) is 3.34. The van der Waals surface area contributed by atoms with Crippen LogP contribution in [-0.2, 0) is 19.1 Å². The third kappa shape index (κ3) is 1.40. The van der Waals surface area contributed by atoms with Crippen molar-refractivity contribution in [2.75, 3.05) is 0 Å². The molecule has 1 aliphatic carbocycles. The minimum absolute atomic E-state index is 0.541. The summed E-state index contributed by atoms with van der Waals surface area (Å²) in [4.78, 5) is 35.8. The highest BCUT2D eigenvalue weighted by Crippen LogP contribution is 2.45. The molecule has 0 aromatic carbocycles. The van der Waals surface area contributed by atoms with Crippen molar-refractivity contribution in [2.45, 2.75) is 26.1 Å². The fourth-order valence-corrected chi connectivity index (χ4v) is 2.57. The number of carbonyl (C=O) groups excluding carboxylic acids is 3. The summed E-state index contributed by atoms with van der Waals surface area (Å²) in [5.41, 5.74) is -1.81. The first-order valence-corrected chi connectivity index (χ1v) is 5.74. The summed E-state index contributed by atoms with van der Waals surface area (Å²) >= 11 is 0. The number of cyclic esters (lactones) is 1. The van der Waals surface area contributed by atoms with Crippen LogP contribution in [-0.4, -0.2) is 34.9 Å². The highest BCUT2D eigenvalue weighted by molar-refractivity contribution is 6.17. The highest BCUT2D eigenvalue weighted by atomic mass is 16.6. The van der Waals surface area contributed by atoms with E-state index < -0.39 is 41.1 Å². The number of esters is 1. The maximum Gasteiger partial charge on any atom is 0.324 e. The van der Waals surface area contributed by atoms with Crippen LogP contribution in [0.5, 0.6) is 0 Å². The first-order valence-electron chi connectivity index (χ1n) is 5.74. The molecule has 18 heavy (non-hydrogen) atoms. The quantitative estimate of drug-likeness (QED) is 0.408. The minimum atomic E-state index is -1.81. The Kier molecular flexibility index (Phi) is 2.94. The smallest absolute Gasteiger partial charge is 0.324 e. The minimum Gasteiger partial charge on any atom is -0.454 e. The van der Waals surface area contributed by atoms with Crippen LogP contribution in [0.2, 0.25) is 0 Å². The predicted octanol–water partition coefficient (Wildman–Crippen LogP) is 0.179. The third-order valence-corrected chi connectivity index (χ3v) is 3.49. The summed E-state index contributed by atoms with van der Waals surface area (Å²) < 4.78 is 4.89. The predicted molar refractivity (Wildman–Crippen MR) is 61.5 cm³/mol. The molecule has 0 aromatic rings. The molecule has 96 valence electrons. The molecule has 4 atom stereocenters. The maximum absolute atomic E-state index is 12.2. The van der Waals surface area contributed by atoms with E-state index in [0.29, 0.717) is 0 Å². The number of rotatable bonds is 1. The van der Waals surface area contributed by atoms with Crippen molar-refractivity contribution in [1.82, 2.24) is 0 Å². The second-order valence-corrected chi connectivity index (χ2v) is 4.50. The lowest BCUT2D eigenvalue weighted by molar-refractivity contribution is -0.160. The van der Waals surface area contributed by atoms with Gasteiger partial charge in [-0.25, -0.2) is 0 Å². The first-order chi connectivity index (χ1) is 8.46. The molecule has 0 aromatic heterocycles. The van der Waals surface area contributed by atoms with Gasteiger partial charge in [0.15, 0.2) is 23.1 Å². The van der Waals surface area contributed by atoms with E-state index in [9.17, 15) is 19.5 Å². The number of aliphatic hydroxyl groups is 1. The molecule has 2 unspecified atom stereocenters. The van der Waals surface area contributed by atoms with Crippen LogP contribution in [0, 0.1) is 11.3 Å². The number of hydrogen-bond acceptors (Lipinski definition) is 5. The van der Waals surface area contributed by atoms with Gasteiger partial charge in [-0.05, 0) is 19.9 Å². The molecule has 1 saturated heterocycles. The fraction of sp³-hybridized carbons (Fsp3) is 0.462. The Labute approximate surface area is 104 Å². The van der Waals surface area contributed by atoms with Gasteiger partial charge in [0.2, 0.25) is 0 Å². The number of hydrogen-bond donors (Lipinski definition) is 1. The summed E-state index contributed by atoms with van der Waals surface area (Å²) in [5, 5.41) is 10.0. The van der Waals surface area contributed by atoms with Crippen molar-refractivity contribution in [1.29, 1.82) is 0 Å². The zero-order chi connectivity index (χ0) is 13.5. The van der Waals surface area contributed by atoms with Crippen LogP contribution < -0.4 is 0 Å². The van der Waals surface area contributed by atoms with Gasteiger partial charge in [-0.15, -0.1) is 0 Å². The van der Waals surface area contributed by atoms with Crippen LogP contribution in [0.25, 0.3) is 0 Å². The molecular formula is C13H14O5. The van der Waals surface area contributed by atoms with Crippen LogP contribution in [0.15, 0.2) is 24.3 Å². The zero-order valence-electron chi connectivity index (χ0n) is 10.1. The average molecular weight is 250 g/mol. The van der Waals surface area contributed by atoms with E-state index in [2.05, 4.69) is 0 Å². The lowest BCUT2D eigenvalue weighted by Crippen LogP contribution is -2.55. The molecule has 0 radical (unpaired) electrons. The van der Waals surface area contributed by atoms with Gasteiger partial charge in [0.05, 0.1) is 0 Å². The number of Topliss-reactive ketones (excluding diaryl/α,β-unsaturated/α-hetero) is 1. The number of carbonyl (C=O) groups is 3. The second-order valence-electron chi connectivity index (χ2n) is 4.50. The molecule has 1 N–H and O–H groups in total. The van der Waals surface area contributed by atoms with Gasteiger partial charge < -0.3 is 9.84 Å². The van der Waals surface area contributed by atoms with Crippen molar-refractivity contribution < 1.29 is 24.2 Å². The van der Waals surface area contributed by atoms with Gasteiger partial charge in [-0.1, -0.05) is 18.2 Å². The molecule has 0 bridgehead atoms. The van der Waals surface area contributed by atoms with E-state index in [-0.39, 0.29) is 0 Å². The molecular weight excluding hydrogens is 236 g/mol. The second kappa shape index (κ2) is 4.17. The number of aliphatic hydroxyl groups excluding tert-OH is 1. The van der Waals surface area contributed by atoms with Crippen molar-refractivity contribution in [3.63, 3.8) is 0 Å². The first kappa shape index (κ1) is 12.7. The van der Waals surface area contributed by atoms with Gasteiger partial charge in [0.25, 0.3) is 0 Å². The molecule has 5 nitrogen and oxygen atoms in total. The normalized spacial score (nSPS) is 39.9. The van der Waals surface area contributed by atoms with Gasteiger partial charge in [0, 0.05) is 5.92 Å². The SMILES string of the molecule is C/C=C/[C@H]1C=CC(=O)[C@@H](O)C12C(=O)OC(C)C2=O. The number of ketones is 2. The van der Waals surface area contributed by atoms with E-state index in [1.807, 2.05) is 0 Å². The molecule has 5 heteroatoms. The Morgan fingerprint density at radius 3 is 2.56 bits per heavy atom. The molecule has 1 fully saturated rings. The van der Waals surface area contributed by atoms with Crippen molar-refractivity contribution in [2.24, 2.45) is 11.3 Å². The van der Waals surface area contributed by atoms with Gasteiger partial charge in [0.1, 0.15) is 6.10 Å². The van der Waals surface area contributed by atoms with Gasteiger partial charge in [-0.3, -0.25) is 14.4 Å². The van der Waals surface area contributed by atoms with E-state index in [0.717, 1.165) is 0 Å². The van der Waals surface area contributed by atoms with Crippen molar-refractivity contribution in [3.8, 4) is 0 Å². The van der Waals surface area contributed by atoms with Crippen LogP contribution in [0.4, 0.5) is 0 Å². The molecule has 2 aliphatic rings. The molecule has 1 heterocycles. The molecule has 1 aliphatic heterocycles. The zero-order valence-corrected chi connectivity index (χ0v) is 10.1. The number of ether oxygens (including phenoxy) is 1. The maximum atomic E-state index is 12.2. The Hall–Kier alpha value is -1.75. The van der Waals surface area contributed by atoms with Crippen LogP contribution in [0.1, 0.15) is 13.8 Å². The van der Waals surface area contributed by atoms with E-state index in [4.69, 9.17) is 4.74 Å². The average Bonchev–Trinajstić information content (AvgIpc) is 2.54. The largest absolute Gasteiger partial charge is 0.454 e. The van der Waals surface area contributed by atoms with Crippen molar-refractivity contribution in [3.05, 3.63) is 24.3 Å².